The molecule has 0 aliphatic carbocycles. The van der Waals surface area contributed by atoms with Gasteiger partial charge in [-0.3, -0.25) is 0 Å². The molecule has 0 fully saturated rings. The summed E-state index contributed by atoms with van der Waals surface area (Å²) < 4.78 is 10.5. The van der Waals surface area contributed by atoms with Crippen LogP contribution in [0.4, 0.5) is 0 Å². The second kappa shape index (κ2) is 5.13. The van der Waals surface area contributed by atoms with Crippen molar-refractivity contribution in [3.8, 4) is 17.4 Å². The van der Waals surface area contributed by atoms with E-state index in [1.54, 1.807) is 12.1 Å². The standard InChI is InChI=1S/C12H10N2O4/c1-17-9-4-2-3-8(12(15)16)11(9)18-10-5-6-13-7-14-10/h2-7H,1H3,(H,15,16). The third kappa shape index (κ3) is 2.37. The lowest BCUT2D eigenvalue weighted by Crippen LogP contribution is -2.02. The molecule has 0 spiro atoms. The summed E-state index contributed by atoms with van der Waals surface area (Å²) >= 11 is 0. The van der Waals surface area contributed by atoms with Crippen LogP contribution in [0.3, 0.4) is 0 Å². The quantitative estimate of drug-likeness (QED) is 0.888. The molecule has 0 saturated heterocycles. The molecule has 0 atom stereocenters. The average Bonchev–Trinajstić information content (AvgIpc) is 2.40. The summed E-state index contributed by atoms with van der Waals surface area (Å²) in [5, 5.41) is 9.10. The number of carbonyl (C=O) groups is 1. The number of aromatic nitrogens is 2. The Labute approximate surface area is 103 Å². The fourth-order valence-corrected chi connectivity index (χ4v) is 1.39. The molecule has 1 N–H and O–H groups in total. The van der Waals surface area contributed by atoms with E-state index in [9.17, 15) is 4.79 Å². The number of aromatic carboxylic acids is 1. The van der Waals surface area contributed by atoms with E-state index in [-0.39, 0.29) is 17.2 Å². The second-order valence-corrected chi connectivity index (χ2v) is 3.29. The molecule has 6 nitrogen and oxygen atoms in total. The molecule has 0 aliphatic rings. The molecular formula is C12H10N2O4. The number of nitrogens with zero attached hydrogens (tertiary/aromatic N) is 2. The fraction of sp³-hybridized carbons (Fsp3) is 0.0833. The molecule has 0 aliphatic heterocycles. The molecule has 0 saturated carbocycles. The Kier molecular flexibility index (Phi) is 3.38. The first-order valence-corrected chi connectivity index (χ1v) is 5.06. The van der Waals surface area contributed by atoms with Gasteiger partial charge in [0.15, 0.2) is 11.5 Å². The SMILES string of the molecule is COc1cccc(C(=O)O)c1Oc1ccncn1. The molecule has 2 aromatic rings. The zero-order valence-electron chi connectivity index (χ0n) is 9.53. The number of hydrogen-bond acceptors (Lipinski definition) is 5. The second-order valence-electron chi connectivity index (χ2n) is 3.29. The van der Waals surface area contributed by atoms with Crippen LogP contribution < -0.4 is 9.47 Å². The van der Waals surface area contributed by atoms with Crippen molar-refractivity contribution in [1.82, 2.24) is 9.97 Å². The van der Waals surface area contributed by atoms with E-state index in [0.29, 0.717) is 5.75 Å². The first-order chi connectivity index (χ1) is 8.72. The topological polar surface area (TPSA) is 81.5 Å². The van der Waals surface area contributed by atoms with E-state index in [1.807, 2.05) is 0 Å². The van der Waals surface area contributed by atoms with E-state index in [0.717, 1.165) is 0 Å². The number of carboxylic acid groups (broad SMARTS) is 1. The summed E-state index contributed by atoms with van der Waals surface area (Å²) in [6.45, 7) is 0. The van der Waals surface area contributed by atoms with E-state index < -0.39 is 5.97 Å². The maximum absolute atomic E-state index is 11.1. The van der Waals surface area contributed by atoms with Gasteiger partial charge in [0.2, 0.25) is 5.88 Å². The molecule has 1 aromatic heterocycles. The van der Waals surface area contributed by atoms with Gasteiger partial charge in [0.25, 0.3) is 0 Å². The van der Waals surface area contributed by atoms with Crippen LogP contribution in [0.15, 0.2) is 36.8 Å². The van der Waals surface area contributed by atoms with Gasteiger partial charge in [-0.1, -0.05) is 6.07 Å². The highest BCUT2D eigenvalue weighted by Gasteiger charge is 2.17. The van der Waals surface area contributed by atoms with Gasteiger partial charge in [0.1, 0.15) is 11.9 Å². The zero-order chi connectivity index (χ0) is 13.0. The van der Waals surface area contributed by atoms with Crippen LogP contribution in [-0.2, 0) is 0 Å². The van der Waals surface area contributed by atoms with Crippen LogP contribution in [0.5, 0.6) is 17.4 Å². The van der Waals surface area contributed by atoms with Crippen molar-refractivity contribution in [3.63, 3.8) is 0 Å². The van der Waals surface area contributed by atoms with Crippen molar-refractivity contribution in [2.45, 2.75) is 0 Å². The monoisotopic (exact) mass is 246 g/mol. The summed E-state index contributed by atoms with van der Waals surface area (Å²) in [5.41, 5.74) is 0.00737. The molecule has 0 unspecified atom stereocenters. The highest BCUT2D eigenvalue weighted by molar-refractivity contribution is 5.92. The Morgan fingerprint density at radius 2 is 2.17 bits per heavy atom. The summed E-state index contributed by atoms with van der Waals surface area (Å²) in [4.78, 5) is 18.7. The molecule has 1 aromatic carbocycles. The molecule has 0 bridgehead atoms. The molecule has 6 heteroatoms. The van der Waals surface area contributed by atoms with Crippen molar-refractivity contribution in [1.29, 1.82) is 0 Å². The van der Waals surface area contributed by atoms with E-state index >= 15 is 0 Å². The molecule has 1 heterocycles. The van der Waals surface area contributed by atoms with Gasteiger partial charge >= 0.3 is 5.97 Å². The lowest BCUT2D eigenvalue weighted by Gasteiger charge is -2.11. The van der Waals surface area contributed by atoms with E-state index in [2.05, 4.69) is 9.97 Å². The minimum absolute atomic E-state index is 0.00737. The summed E-state index contributed by atoms with van der Waals surface area (Å²) in [6.07, 6.45) is 2.81. The first-order valence-electron chi connectivity index (χ1n) is 5.06. The number of para-hydroxylation sites is 1. The molecule has 92 valence electrons. The Morgan fingerprint density at radius 1 is 1.33 bits per heavy atom. The minimum atomic E-state index is -1.10. The highest BCUT2D eigenvalue weighted by atomic mass is 16.5. The lowest BCUT2D eigenvalue weighted by molar-refractivity contribution is 0.0693. The first kappa shape index (κ1) is 11.8. The third-order valence-electron chi connectivity index (χ3n) is 2.19. The van der Waals surface area contributed by atoms with E-state index in [1.165, 1.54) is 31.8 Å². The average molecular weight is 246 g/mol. The van der Waals surface area contributed by atoms with Gasteiger partial charge in [-0.25, -0.2) is 14.8 Å². The van der Waals surface area contributed by atoms with Crippen LogP contribution >= 0.6 is 0 Å². The molecule has 18 heavy (non-hydrogen) atoms. The number of ether oxygens (including phenoxy) is 2. The Morgan fingerprint density at radius 3 is 2.78 bits per heavy atom. The fourth-order valence-electron chi connectivity index (χ4n) is 1.39. The van der Waals surface area contributed by atoms with Crippen molar-refractivity contribution in [2.75, 3.05) is 7.11 Å². The normalized spacial score (nSPS) is 9.83. The molecular weight excluding hydrogens is 236 g/mol. The maximum Gasteiger partial charge on any atom is 0.339 e. The Balaban J connectivity index is 2.44. The number of methoxy groups -OCH3 is 1. The lowest BCUT2D eigenvalue weighted by atomic mass is 10.2. The highest BCUT2D eigenvalue weighted by Crippen LogP contribution is 2.34. The number of hydrogen-bond donors (Lipinski definition) is 1. The minimum Gasteiger partial charge on any atom is -0.493 e. The van der Waals surface area contributed by atoms with Gasteiger partial charge in [-0.15, -0.1) is 0 Å². The van der Waals surface area contributed by atoms with Crippen LogP contribution in [0, 0.1) is 0 Å². The van der Waals surface area contributed by atoms with Crippen LogP contribution in [0.25, 0.3) is 0 Å². The van der Waals surface area contributed by atoms with Crippen molar-refractivity contribution >= 4 is 5.97 Å². The van der Waals surface area contributed by atoms with Gasteiger partial charge in [-0.05, 0) is 12.1 Å². The number of rotatable bonds is 4. The molecule has 0 amide bonds. The van der Waals surface area contributed by atoms with Crippen LogP contribution in [-0.4, -0.2) is 28.2 Å². The predicted molar refractivity (Wildman–Crippen MR) is 62.1 cm³/mol. The van der Waals surface area contributed by atoms with Crippen molar-refractivity contribution < 1.29 is 19.4 Å². The van der Waals surface area contributed by atoms with Gasteiger partial charge in [0, 0.05) is 12.3 Å². The van der Waals surface area contributed by atoms with E-state index in [4.69, 9.17) is 14.6 Å². The molecule has 0 radical (unpaired) electrons. The number of benzene rings is 1. The van der Waals surface area contributed by atoms with Crippen LogP contribution in [0.2, 0.25) is 0 Å². The maximum atomic E-state index is 11.1. The summed E-state index contributed by atoms with van der Waals surface area (Å²) in [7, 11) is 1.44. The summed E-state index contributed by atoms with van der Waals surface area (Å²) in [5.74, 6) is -0.408. The third-order valence-corrected chi connectivity index (χ3v) is 2.19. The van der Waals surface area contributed by atoms with Crippen LogP contribution in [0.1, 0.15) is 10.4 Å². The zero-order valence-corrected chi connectivity index (χ0v) is 9.53. The van der Waals surface area contributed by atoms with Gasteiger partial charge in [0.05, 0.1) is 7.11 Å². The predicted octanol–water partition coefficient (Wildman–Crippen LogP) is 1.98. The van der Waals surface area contributed by atoms with Crippen molar-refractivity contribution in [3.05, 3.63) is 42.4 Å². The molecule has 2 rings (SSSR count). The summed E-state index contributed by atoms with van der Waals surface area (Å²) in [6, 6.07) is 6.15. The Bertz CT molecular complexity index is 557. The number of carboxylic acids is 1. The largest absolute Gasteiger partial charge is 0.493 e. The van der Waals surface area contributed by atoms with Crippen molar-refractivity contribution in [2.24, 2.45) is 0 Å². The van der Waals surface area contributed by atoms with Gasteiger partial charge < -0.3 is 14.6 Å². The van der Waals surface area contributed by atoms with Gasteiger partial charge in [-0.2, -0.15) is 0 Å². The Hall–Kier alpha value is -2.63. The smallest absolute Gasteiger partial charge is 0.339 e.